The predicted octanol–water partition coefficient (Wildman–Crippen LogP) is 1.09. The van der Waals surface area contributed by atoms with Gasteiger partial charge in [-0.15, -0.1) is 10.2 Å². The van der Waals surface area contributed by atoms with E-state index in [9.17, 15) is 9.59 Å². The lowest BCUT2D eigenvalue weighted by Gasteiger charge is -2.14. The third kappa shape index (κ3) is 2.99. The number of ether oxygens (including phenoxy) is 1. The van der Waals surface area contributed by atoms with Crippen molar-refractivity contribution < 1.29 is 14.3 Å². The van der Waals surface area contributed by atoms with E-state index in [1.54, 1.807) is 29.1 Å². The minimum Gasteiger partial charge on any atom is -0.377 e. The highest BCUT2D eigenvalue weighted by Gasteiger charge is 2.25. The van der Waals surface area contributed by atoms with Crippen LogP contribution in [0.5, 0.6) is 0 Å². The quantitative estimate of drug-likeness (QED) is 0.588. The first-order valence-electron chi connectivity index (χ1n) is 7.89. The molecule has 0 unspecified atom stereocenters. The molecule has 1 aliphatic rings. The molecule has 0 atom stereocenters. The maximum atomic E-state index is 11.9. The van der Waals surface area contributed by atoms with Crippen molar-refractivity contribution in [3.8, 4) is 17.1 Å². The van der Waals surface area contributed by atoms with Crippen molar-refractivity contribution in [3.63, 3.8) is 0 Å². The zero-order chi connectivity index (χ0) is 19.8. The standard InChI is InChI=1S/C17H10Cl2N6O3/c1-28-7-11-23-24-15(8-3-2-4-20-6-8)25(11)14-12(19)9(18)5-10-13(14)22-17(27)16(26)21-10/h2-6H,7H2,1H3. The SMILES string of the molecule is COCc1nnc(-c2cccnc2)n1-c1c(Cl)c(Cl)cc2c1=NC(=O)C(=O)N=2. The number of carbonyl (C=O) groups excluding carboxylic acids is 2. The van der Waals surface area contributed by atoms with E-state index in [-0.39, 0.29) is 33.1 Å². The Labute approximate surface area is 167 Å². The number of aromatic nitrogens is 4. The van der Waals surface area contributed by atoms with Gasteiger partial charge in [-0.25, -0.2) is 9.98 Å². The van der Waals surface area contributed by atoms with Crippen LogP contribution in [0.1, 0.15) is 5.82 Å². The number of pyridine rings is 1. The summed E-state index contributed by atoms with van der Waals surface area (Å²) in [5.74, 6) is -1.22. The summed E-state index contributed by atoms with van der Waals surface area (Å²) in [4.78, 5) is 35.2. The third-order valence-electron chi connectivity index (χ3n) is 3.91. The number of fused-ring (bicyclic) bond motifs is 1. The third-order valence-corrected chi connectivity index (χ3v) is 4.69. The monoisotopic (exact) mass is 416 g/mol. The average Bonchev–Trinajstić information content (AvgIpc) is 3.09. The van der Waals surface area contributed by atoms with Crippen LogP contribution >= 0.6 is 23.2 Å². The molecule has 0 bridgehead atoms. The summed E-state index contributed by atoms with van der Waals surface area (Å²) in [6.45, 7) is 0.0922. The predicted molar refractivity (Wildman–Crippen MR) is 97.6 cm³/mol. The minimum absolute atomic E-state index is 0.0922. The minimum atomic E-state index is -1.00. The molecule has 11 heteroatoms. The highest BCUT2D eigenvalue weighted by Crippen LogP contribution is 2.29. The van der Waals surface area contributed by atoms with E-state index < -0.39 is 11.8 Å². The van der Waals surface area contributed by atoms with Crippen LogP contribution in [-0.2, 0) is 20.9 Å². The maximum absolute atomic E-state index is 11.9. The second kappa shape index (κ2) is 7.19. The second-order valence-corrected chi connectivity index (χ2v) is 6.46. The summed E-state index contributed by atoms with van der Waals surface area (Å²) in [5.41, 5.74) is 0.863. The van der Waals surface area contributed by atoms with E-state index in [0.29, 0.717) is 17.2 Å². The molecule has 4 rings (SSSR count). The number of carbonyl (C=O) groups is 2. The molecule has 3 aromatic rings. The van der Waals surface area contributed by atoms with Crippen molar-refractivity contribution in [1.29, 1.82) is 0 Å². The van der Waals surface area contributed by atoms with Crippen molar-refractivity contribution in [2.24, 2.45) is 9.98 Å². The molecular weight excluding hydrogens is 407 g/mol. The molecule has 1 aliphatic heterocycles. The number of benzene rings is 1. The number of methoxy groups -OCH3 is 1. The van der Waals surface area contributed by atoms with E-state index in [1.165, 1.54) is 13.2 Å². The summed E-state index contributed by atoms with van der Waals surface area (Å²) in [5, 5.41) is 8.81. The Hall–Kier alpha value is -3.01. The van der Waals surface area contributed by atoms with Crippen LogP contribution in [0.4, 0.5) is 0 Å². The maximum Gasteiger partial charge on any atom is 0.338 e. The first-order chi connectivity index (χ1) is 13.5. The second-order valence-electron chi connectivity index (χ2n) is 5.67. The molecular formula is C17H10Cl2N6O3. The van der Waals surface area contributed by atoms with Gasteiger partial charge in [0.2, 0.25) is 0 Å². The first kappa shape index (κ1) is 18.4. The summed E-state index contributed by atoms with van der Waals surface area (Å²) in [7, 11) is 1.50. The molecule has 0 spiro atoms. The number of hydrogen-bond acceptors (Lipinski definition) is 6. The number of rotatable bonds is 4. The smallest absolute Gasteiger partial charge is 0.338 e. The zero-order valence-electron chi connectivity index (χ0n) is 14.3. The van der Waals surface area contributed by atoms with Gasteiger partial charge in [0.15, 0.2) is 11.6 Å². The molecule has 0 fully saturated rings. The molecule has 0 saturated carbocycles. The van der Waals surface area contributed by atoms with Crippen molar-refractivity contribution in [1.82, 2.24) is 19.7 Å². The Morgan fingerprint density at radius 1 is 1.14 bits per heavy atom. The largest absolute Gasteiger partial charge is 0.377 e. The van der Waals surface area contributed by atoms with Gasteiger partial charge in [-0.05, 0) is 18.2 Å². The van der Waals surface area contributed by atoms with Crippen molar-refractivity contribution >= 4 is 35.0 Å². The van der Waals surface area contributed by atoms with Gasteiger partial charge in [-0.2, -0.15) is 0 Å². The number of nitrogens with zero attached hydrogens (tertiary/aromatic N) is 6. The van der Waals surface area contributed by atoms with Crippen LogP contribution in [0.25, 0.3) is 17.1 Å². The molecule has 28 heavy (non-hydrogen) atoms. The topological polar surface area (TPSA) is 112 Å². The van der Waals surface area contributed by atoms with Crippen LogP contribution in [0.2, 0.25) is 10.0 Å². The zero-order valence-corrected chi connectivity index (χ0v) is 15.8. The fourth-order valence-electron chi connectivity index (χ4n) is 2.75. The van der Waals surface area contributed by atoms with Gasteiger partial charge in [0.25, 0.3) is 0 Å². The molecule has 0 aliphatic carbocycles. The van der Waals surface area contributed by atoms with Gasteiger partial charge < -0.3 is 4.74 Å². The first-order valence-corrected chi connectivity index (χ1v) is 8.64. The fourth-order valence-corrected chi connectivity index (χ4v) is 3.17. The van der Waals surface area contributed by atoms with Crippen molar-refractivity contribution in [3.05, 3.63) is 57.2 Å². The van der Waals surface area contributed by atoms with Crippen LogP contribution < -0.4 is 10.7 Å². The van der Waals surface area contributed by atoms with Gasteiger partial charge >= 0.3 is 11.8 Å². The molecule has 0 saturated heterocycles. The lowest BCUT2D eigenvalue weighted by molar-refractivity contribution is -0.135. The molecule has 0 N–H and O–H groups in total. The Kier molecular flexibility index (Phi) is 4.71. The highest BCUT2D eigenvalue weighted by atomic mass is 35.5. The summed E-state index contributed by atoms with van der Waals surface area (Å²) < 4.78 is 6.77. The summed E-state index contributed by atoms with van der Waals surface area (Å²) in [6.07, 6.45) is 3.21. The van der Waals surface area contributed by atoms with Crippen LogP contribution in [0.15, 0.2) is 40.6 Å². The lowest BCUT2D eigenvalue weighted by Crippen LogP contribution is -2.38. The number of amides is 2. The van der Waals surface area contributed by atoms with Crippen LogP contribution in [-0.4, -0.2) is 38.7 Å². The summed E-state index contributed by atoms with van der Waals surface area (Å²) >= 11 is 12.7. The van der Waals surface area contributed by atoms with Crippen LogP contribution in [0.3, 0.4) is 0 Å². The normalized spacial score (nSPS) is 13.1. The summed E-state index contributed by atoms with van der Waals surface area (Å²) in [6, 6.07) is 4.90. The van der Waals surface area contributed by atoms with Crippen molar-refractivity contribution in [2.45, 2.75) is 6.61 Å². The Morgan fingerprint density at radius 3 is 2.64 bits per heavy atom. The molecule has 9 nitrogen and oxygen atoms in total. The average molecular weight is 417 g/mol. The molecule has 2 aromatic heterocycles. The fraction of sp³-hybridized carbons (Fsp3) is 0.118. The van der Waals surface area contributed by atoms with Gasteiger partial charge in [0.05, 0.1) is 21.1 Å². The van der Waals surface area contributed by atoms with Gasteiger partial charge in [-0.3, -0.25) is 19.1 Å². The van der Waals surface area contributed by atoms with Gasteiger partial charge in [0, 0.05) is 25.1 Å². The van der Waals surface area contributed by atoms with E-state index in [0.717, 1.165) is 0 Å². The Balaban J connectivity index is 2.13. The van der Waals surface area contributed by atoms with E-state index in [4.69, 9.17) is 27.9 Å². The number of halogens is 2. The molecule has 140 valence electrons. The van der Waals surface area contributed by atoms with Gasteiger partial charge in [-0.1, -0.05) is 23.2 Å². The molecule has 0 radical (unpaired) electrons. The van der Waals surface area contributed by atoms with E-state index >= 15 is 0 Å². The van der Waals surface area contributed by atoms with Gasteiger partial charge in [0.1, 0.15) is 12.0 Å². The van der Waals surface area contributed by atoms with E-state index in [1.807, 2.05) is 0 Å². The Morgan fingerprint density at radius 2 is 1.93 bits per heavy atom. The Bertz CT molecular complexity index is 1240. The lowest BCUT2D eigenvalue weighted by atomic mass is 10.2. The molecule has 1 aromatic carbocycles. The molecule has 3 heterocycles. The van der Waals surface area contributed by atoms with Crippen molar-refractivity contribution in [2.75, 3.05) is 7.11 Å². The highest BCUT2D eigenvalue weighted by molar-refractivity contribution is 6.43. The number of hydrogen-bond donors (Lipinski definition) is 0. The van der Waals surface area contributed by atoms with E-state index in [2.05, 4.69) is 25.2 Å². The molecule has 2 amide bonds. The van der Waals surface area contributed by atoms with Crippen LogP contribution in [0, 0.1) is 0 Å².